The van der Waals surface area contributed by atoms with E-state index in [1.807, 2.05) is 21.1 Å². The predicted octanol–water partition coefficient (Wildman–Crippen LogP) is 14.5. The highest BCUT2D eigenvalue weighted by Gasteiger charge is 2.22. The maximum atomic E-state index is 12.8. The number of carbonyl (C=O) groups excluding carboxylic acids is 3. The summed E-state index contributed by atoms with van der Waals surface area (Å²) in [6, 6.07) is 0. The van der Waals surface area contributed by atoms with Crippen molar-refractivity contribution in [1.29, 1.82) is 0 Å². The highest BCUT2D eigenvalue weighted by atomic mass is 16.7. The molecule has 0 heterocycles. The number of carboxylic acids is 1. The minimum atomic E-state index is -1.62. The molecule has 0 saturated carbocycles. The fraction of sp³-hybridized carbons (Fsp3) is 0.746. The summed E-state index contributed by atoms with van der Waals surface area (Å²) in [6.45, 7) is 4.61. The molecule has 0 aromatic heterocycles. The number of carboxylic acid groups (broad SMARTS) is 1. The van der Waals surface area contributed by atoms with Crippen molar-refractivity contribution in [3.63, 3.8) is 0 Å². The highest BCUT2D eigenvalue weighted by Crippen LogP contribution is 2.15. The van der Waals surface area contributed by atoms with Gasteiger partial charge < -0.3 is 33.3 Å². The lowest BCUT2D eigenvalue weighted by atomic mass is 10.0. The number of likely N-dealkylation sites (N-methyl/N-ethyl adjacent to an activating group) is 1. The lowest BCUT2D eigenvalue weighted by molar-refractivity contribution is -0.870. The first kappa shape index (κ1) is 64.7. The Hall–Kier alpha value is -3.27. The molecule has 0 spiro atoms. The number of aliphatic carboxylic acids is 1. The summed E-state index contributed by atoms with van der Waals surface area (Å²) in [5.74, 6) is -2.30. The maximum absolute atomic E-state index is 12.8. The third kappa shape index (κ3) is 50.6. The Morgan fingerprint density at radius 2 is 0.838 bits per heavy atom. The zero-order valence-electron chi connectivity index (χ0n) is 44.5. The second-order valence-corrected chi connectivity index (χ2v) is 19.5. The van der Waals surface area contributed by atoms with Crippen LogP contribution in [0.15, 0.2) is 72.9 Å². The fourth-order valence-corrected chi connectivity index (χ4v) is 7.44. The Kier molecular flexibility index (Phi) is 47.7. The van der Waals surface area contributed by atoms with Crippen LogP contribution in [-0.4, -0.2) is 82.3 Å². The van der Waals surface area contributed by atoms with Crippen LogP contribution < -0.4 is 5.11 Å². The van der Waals surface area contributed by atoms with Crippen LogP contribution in [0.4, 0.5) is 0 Å². The minimum absolute atomic E-state index is 0.144. The van der Waals surface area contributed by atoms with Crippen molar-refractivity contribution >= 4 is 17.9 Å². The molecule has 0 N–H and O–H groups in total. The standard InChI is InChI=1S/C59H103NO8/c1-6-8-10-12-14-16-18-20-22-23-24-25-26-27-28-29-30-31-32-33-34-35-36-38-40-42-44-46-48-50-57(62)68-55(54-67-59(58(63)64)65-52-51-60(3,4)5)53-66-56(61)49-47-45-43-41-39-37-21-19-17-15-13-11-9-7-2/h8,10,14,16,19-22,24-25,27-28,55,59H,6-7,9,11-13,15,17-18,23,26,29-54H2,1-5H3/b10-8-,16-14-,21-19-,22-20-,25-24-,28-27-. The normalized spacial score (nSPS) is 13.4. The molecule has 0 saturated heterocycles. The van der Waals surface area contributed by atoms with Crippen molar-refractivity contribution in [1.82, 2.24) is 0 Å². The number of carbonyl (C=O) groups is 3. The van der Waals surface area contributed by atoms with Gasteiger partial charge >= 0.3 is 11.9 Å². The van der Waals surface area contributed by atoms with Gasteiger partial charge in [0.05, 0.1) is 40.3 Å². The number of hydrogen-bond donors (Lipinski definition) is 0. The number of unbranched alkanes of at least 4 members (excludes halogenated alkanes) is 23. The lowest BCUT2D eigenvalue weighted by Crippen LogP contribution is -2.44. The van der Waals surface area contributed by atoms with Gasteiger partial charge in [0.15, 0.2) is 12.4 Å². The number of ether oxygens (including phenoxy) is 4. The summed E-state index contributed by atoms with van der Waals surface area (Å²) >= 11 is 0. The quantitative estimate of drug-likeness (QED) is 0.0195. The molecule has 0 aliphatic carbocycles. The molecule has 0 rings (SSSR count). The molecule has 0 amide bonds. The molecule has 392 valence electrons. The van der Waals surface area contributed by atoms with Crippen LogP contribution in [0, 0.1) is 0 Å². The monoisotopic (exact) mass is 954 g/mol. The van der Waals surface area contributed by atoms with E-state index in [0.29, 0.717) is 17.4 Å². The van der Waals surface area contributed by atoms with Gasteiger partial charge in [-0.15, -0.1) is 0 Å². The number of rotatable bonds is 50. The average molecular weight is 954 g/mol. The van der Waals surface area contributed by atoms with Crippen LogP contribution in [-0.2, 0) is 33.3 Å². The zero-order chi connectivity index (χ0) is 49.9. The van der Waals surface area contributed by atoms with Gasteiger partial charge in [0.1, 0.15) is 13.2 Å². The van der Waals surface area contributed by atoms with E-state index >= 15 is 0 Å². The Labute approximate surface area is 417 Å². The van der Waals surface area contributed by atoms with Crippen molar-refractivity contribution in [2.24, 2.45) is 0 Å². The molecule has 0 aromatic rings. The summed E-state index contributed by atoms with van der Waals surface area (Å²) < 4.78 is 22.6. The molecule has 9 heteroatoms. The van der Waals surface area contributed by atoms with Crippen molar-refractivity contribution < 1.29 is 42.9 Å². The van der Waals surface area contributed by atoms with E-state index in [1.54, 1.807) is 0 Å². The number of quaternary nitrogens is 1. The van der Waals surface area contributed by atoms with Gasteiger partial charge in [-0.1, -0.05) is 202 Å². The minimum Gasteiger partial charge on any atom is -0.545 e. The number of allylic oxidation sites excluding steroid dienone is 12. The van der Waals surface area contributed by atoms with Crippen LogP contribution >= 0.6 is 0 Å². The lowest BCUT2D eigenvalue weighted by Gasteiger charge is -2.26. The second-order valence-electron chi connectivity index (χ2n) is 19.5. The number of esters is 2. The summed E-state index contributed by atoms with van der Waals surface area (Å²) in [5.41, 5.74) is 0. The van der Waals surface area contributed by atoms with Gasteiger partial charge in [0.25, 0.3) is 0 Å². The second kappa shape index (κ2) is 50.1. The summed E-state index contributed by atoms with van der Waals surface area (Å²) in [5, 5.41) is 11.7. The first-order valence-corrected chi connectivity index (χ1v) is 27.6. The molecule has 2 unspecified atom stereocenters. The first-order chi connectivity index (χ1) is 33.1. The maximum Gasteiger partial charge on any atom is 0.306 e. The van der Waals surface area contributed by atoms with Crippen LogP contribution in [0.25, 0.3) is 0 Å². The van der Waals surface area contributed by atoms with E-state index in [2.05, 4.69) is 86.8 Å². The van der Waals surface area contributed by atoms with E-state index in [9.17, 15) is 19.5 Å². The van der Waals surface area contributed by atoms with E-state index in [-0.39, 0.29) is 38.6 Å². The Morgan fingerprint density at radius 1 is 0.456 bits per heavy atom. The van der Waals surface area contributed by atoms with Crippen molar-refractivity contribution in [2.75, 3.05) is 47.5 Å². The topological polar surface area (TPSA) is 111 Å². The zero-order valence-corrected chi connectivity index (χ0v) is 44.5. The molecule has 0 bridgehead atoms. The van der Waals surface area contributed by atoms with E-state index in [0.717, 1.165) is 89.9 Å². The SMILES string of the molecule is CC/C=C\C/C=C\C/C=C\C/C=C\C/C=C\CCCCCCCCCCCCCCCC(=O)OC(COC(=O)CCCCCCC/C=C\CCCCCCC)COC(OCC[N+](C)(C)C)C(=O)[O-]. The third-order valence-electron chi connectivity index (χ3n) is 11.7. The Morgan fingerprint density at radius 3 is 1.26 bits per heavy atom. The molecule has 68 heavy (non-hydrogen) atoms. The summed E-state index contributed by atoms with van der Waals surface area (Å²) in [6.07, 6.45) is 60.9. The van der Waals surface area contributed by atoms with Gasteiger partial charge in [-0.05, 0) is 83.5 Å². The molecule has 2 atom stereocenters. The fourth-order valence-electron chi connectivity index (χ4n) is 7.44. The highest BCUT2D eigenvalue weighted by molar-refractivity contribution is 5.70. The molecular weight excluding hydrogens is 851 g/mol. The van der Waals surface area contributed by atoms with Gasteiger partial charge in [-0.3, -0.25) is 9.59 Å². The molecule has 0 fully saturated rings. The predicted molar refractivity (Wildman–Crippen MR) is 283 cm³/mol. The molecular formula is C59H103NO8. The van der Waals surface area contributed by atoms with Crippen molar-refractivity contribution in [3.8, 4) is 0 Å². The summed E-state index contributed by atoms with van der Waals surface area (Å²) in [7, 11) is 5.91. The van der Waals surface area contributed by atoms with E-state index in [1.165, 1.54) is 103 Å². The smallest absolute Gasteiger partial charge is 0.306 e. The average Bonchev–Trinajstić information content (AvgIpc) is 3.30. The molecule has 9 nitrogen and oxygen atoms in total. The first-order valence-electron chi connectivity index (χ1n) is 27.6. The molecule has 0 aromatic carbocycles. The van der Waals surface area contributed by atoms with Crippen LogP contribution in [0.1, 0.15) is 226 Å². The van der Waals surface area contributed by atoms with Gasteiger partial charge in [0, 0.05) is 12.8 Å². The van der Waals surface area contributed by atoms with Crippen LogP contribution in [0.2, 0.25) is 0 Å². The molecule has 0 radical (unpaired) electrons. The number of nitrogens with zero attached hydrogens (tertiary/aromatic N) is 1. The number of hydrogen-bond acceptors (Lipinski definition) is 8. The third-order valence-corrected chi connectivity index (χ3v) is 11.7. The van der Waals surface area contributed by atoms with Crippen molar-refractivity contribution in [3.05, 3.63) is 72.9 Å². The molecule has 0 aliphatic heterocycles. The van der Waals surface area contributed by atoms with Gasteiger partial charge in [-0.25, -0.2) is 0 Å². The van der Waals surface area contributed by atoms with E-state index in [4.69, 9.17) is 18.9 Å². The van der Waals surface area contributed by atoms with Gasteiger partial charge in [-0.2, -0.15) is 0 Å². The van der Waals surface area contributed by atoms with Crippen molar-refractivity contribution in [2.45, 2.75) is 238 Å². The van der Waals surface area contributed by atoms with E-state index < -0.39 is 24.3 Å². The summed E-state index contributed by atoms with van der Waals surface area (Å²) in [4.78, 5) is 37.2. The largest absolute Gasteiger partial charge is 0.545 e. The van der Waals surface area contributed by atoms with Crippen LogP contribution in [0.5, 0.6) is 0 Å². The molecule has 0 aliphatic rings. The Balaban J connectivity index is 4.22. The van der Waals surface area contributed by atoms with Crippen LogP contribution in [0.3, 0.4) is 0 Å². The van der Waals surface area contributed by atoms with Gasteiger partial charge in [0.2, 0.25) is 0 Å². The Bertz CT molecular complexity index is 1340.